The first-order valence-corrected chi connectivity index (χ1v) is 10.4. The van der Waals surface area contributed by atoms with Crippen molar-refractivity contribution in [2.75, 3.05) is 6.26 Å². The van der Waals surface area contributed by atoms with E-state index in [9.17, 15) is 0 Å². The van der Waals surface area contributed by atoms with E-state index in [1.807, 2.05) is 43.5 Å². The Morgan fingerprint density at radius 1 is 0.926 bits per heavy atom. The van der Waals surface area contributed by atoms with Gasteiger partial charge in [-0.05, 0) is 13.2 Å². The van der Waals surface area contributed by atoms with Crippen LogP contribution in [-0.2, 0) is 11.5 Å². The van der Waals surface area contributed by atoms with Crippen molar-refractivity contribution in [2.45, 2.75) is 23.7 Å². The Balaban J connectivity index is 1.52. The molecule has 0 aliphatic heterocycles. The maximum Gasteiger partial charge on any atom is 0.277 e. The lowest BCUT2D eigenvalue weighted by molar-refractivity contribution is 0.399. The molecule has 0 saturated carbocycles. The summed E-state index contributed by atoms with van der Waals surface area (Å²) in [5.41, 5.74) is 2.30. The summed E-state index contributed by atoms with van der Waals surface area (Å²) < 4.78 is 16.7. The summed E-state index contributed by atoms with van der Waals surface area (Å²) in [4.78, 5) is 0. The van der Waals surface area contributed by atoms with Crippen LogP contribution in [0.3, 0.4) is 0 Å². The van der Waals surface area contributed by atoms with Gasteiger partial charge in [-0.1, -0.05) is 47.3 Å². The second-order valence-corrected chi connectivity index (χ2v) is 7.31. The SMILES string of the molecule is CSCc1nnc(SCc2nnc(-c3c(-c4ccccc4)noc3C)o2)o1. The molecule has 0 bridgehead atoms. The fourth-order valence-corrected chi connectivity index (χ4v) is 3.41. The van der Waals surface area contributed by atoms with Gasteiger partial charge in [0.25, 0.3) is 11.1 Å². The van der Waals surface area contributed by atoms with E-state index in [0.29, 0.717) is 51.4 Å². The van der Waals surface area contributed by atoms with Crippen molar-refractivity contribution in [2.24, 2.45) is 0 Å². The Hall–Kier alpha value is -2.59. The minimum atomic E-state index is 0.372. The number of nitrogens with zero attached hydrogens (tertiary/aromatic N) is 5. The van der Waals surface area contributed by atoms with E-state index >= 15 is 0 Å². The summed E-state index contributed by atoms with van der Waals surface area (Å²) in [6.07, 6.45) is 1.98. The van der Waals surface area contributed by atoms with Crippen molar-refractivity contribution < 1.29 is 13.4 Å². The Kier molecular flexibility index (Phi) is 5.26. The standard InChI is InChI=1S/C17H15N5O3S2/c1-10-14(15(22-25-10)11-6-4-3-5-7-11)16-20-18-13(23-16)9-27-17-21-19-12(24-17)8-26-2/h3-7H,8-9H2,1-2H3. The van der Waals surface area contributed by atoms with Crippen molar-refractivity contribution in [3.63, 3.8) is 0 Å². The molecule has 4 aromatic rings. The topological polar surface area (TPSA) is 104 Å². The molecular formula is C17H15N5O3S2. The molecule has 0 amide bonds. The summed E-state index contributed by atoms with van der Waals surface area (Å²) in [5.74, 6) is 3.17. The van der Waals surface area contributed by atoms with Gasteiger partial charge in [0.1, 0.15) is 17.0 Å². The highest BCUT2D eigenvalue weighted by molar-refractivity contribution is 7.98. The molecule has 0 fully saturated rings. The fourth-order valence-electron chi connectivity index (χ4n) is 2.43. The zero-order valence-corrected chi connectivity index (χ0v) is 16.2. The minimum Gasteiger partial charge on any atom is -0.420 e. The van der Waals surface area contributed by atoms with Crippen LogP contribution in [0, 0.1) is 6.92 Å². The van der Waals surface area contributed by atoms with Crippen molar-refractivity contribution in [1.29, 1.82) is 0 Å². The molecule has 8 nitrogen and oxygen atoms in total. The second kappa shape index (κ2) is 7.97. The lowest BCUT2D eigenvalue weighted by Gasteiger charge is -1.98. The summed E-state index contributed by atoms with van der Waals surface area (Å²) in [7, 11) is 0. The normalized spacial score (nSPS) is 11.2. The van der Waals surface area contributed by atoms with Crippen molar-refractivity contribution in [1.82, 2.24) is 25.6 Å². The maximum absolute atomic E-state index is 5.81. The predicted molar refractivity (Wildman–Crippen MR) is 101 cm³/mol. The first-order valence-electron chi connectivity index (χ1n) is 8.03. The van der Waals surface area contributed by atoms with Crippen LogP contribution in [0.4, 0.5) is 0 Å². The van der Waals surface area contributed by atoms with Crippen LogP contribution in [0.15, 0.2) is 48.9 Å². The van der Waals surface area contributed by atoms with Crippen molar-refractivity contribution in [3.05, 3.63) is 47.9 Å². The van der Waals surface area contributed by atoms with E-state index in [1.54, 1.807) is 11.8 Å². The molecule has 27 heavy (non-hydrogen) atoms. The highest BCUT2D eigenvalue weighted by Crippen LogP contribution is 2.34. The molecule has 0 atom stereocenters. The molecular weight excluding hydrogens is 386 g/mol. The summed E-state index contributed by atoms with van der Waals surface area (Å²) in [6.45, 7) is 1.82. The summed E-state index contributed by atoms with van der Waals surface area (Å²) in [6, 6.07) is 9.73. The van der Waals surface area contributed by atoms with Crippen LogP contribution in [0.2, 0.25) is 0 Å². The maximum atomic E-state index is 5.81. The van der Waals surface area contributed by atoms with E-state index in [4.69, 9.17) is 13.4 Å². The van der Waals surface area contributed by atoms with Gasteiger partial charge in [-0.3, -0.25) is 0 Å². The van der Waals surface area contributed by atoms with E-state index in [2.05, 4.69) is 25.6 Å². The van der Waals surface area contributed by atoms with E-state index in [0.717, 1.165) is 5.56 Å². The molecule has 0 aliphatic rings. The third-order valence-corrected chi connectivity index (χ3v) is 4.96. The number of hydrogen-bond donors (Lipinski definition) is 0. The van der Waals surface area contributed by atoms with Crippen LogP contribution in [0.1, 0.15) is 17.5 Å². The molecule has 0 aliphatic carbocycles. The number of rotatable bonds is 7. The van der Waals surface area contributed by atoms with Gasteiger partial charge in [0, 0.05) is 5.56 Å². The minimum absolute atomic E-state index is 0.372. The van der Waals surface area contributed by atoms with Gasteiger partial charge >= 0.3 is 0 Å². The monoisotopic (exact) mass is 401 g/mol. The van der Waals surface area contributed by atoms with Crippen LogP contribution >= 0.6 is 23.5 Å². The fraction of sp³-hybridized carbons (Fsp3) is 0.235. The van der Waals surface area contributed by atoms with Crippen LogP contribution < -0.4 is 0 Å². The van der Waals surface area contributed by atoms with Crippen molar-refractivity contribution >= 4 is 23.5 Å². The first kappa shape index (κ1) is 17.8. The average molecular weight is 401 g/mol. The molecule has 0 saturated heterocycles. The van der Waals surface area contributed by atoms with E-state index in [-0.39, 0.29) is 0 Å². The van der Waals surface area contributed by atoms with Gasteiger partial charge in [0.2, 0.25) is 11.8 Å². The zero-order chi connectivity index (χ0) is 18.6. The molecule has 10 heteroatoms. The van der Waals surface area contributed by atoms with Crippen LogP contribution in [0.5, 0.6) is 0 Å². The van der Waals surface area contributed by atoms with Gasteiger partial charge < -0.3 is 13.4 Å². The predicted octanol–water partition coefficient (Wildman–Crippen LogP) is 4.24. The zero-order valence-electron chi connectivity index (χ0n) is 14.6. The Bertz CT molecular complexity index is 1030. The molecule has 0 spiro atoms. The highest BCUT2D eigenvalue weighted by Gasteiger charge is 2.22. The van der Waals surface area contributed by atoms with E-state index in [1.165, 1.54) is 11.8 Å². The molecule has 3 heterocycles. The quantitative estimate of drug-likeness (QED) is 0.418. The van der Waals surface area contributed by atoms with Gasteiger partial charge in [-0.2, -0.15) is 11.8 Å². The number of aromatic nitrogens is 5. The van der Waals surface area contributed by atoms with Gasteiger partial charge in [-0.15, -0.1) is 20.4 Å². The third-order valence-electron chi connectivity index (χ3n) is 3.63. The molecule has 1 aromatic carbocycles. The summed E-state index contributed by atoms with van der Waals surface area (Å²) >= 11 is 2.97. The lowest BCUT2D eigenvalue weighted by Crippen LogP contribution is -1.84. The Labute approximate surface area is 163 Å². The largest absolute Gasteiger partial charge is 0.420 e. The average Bonchev–Trinajstić information content (AvgIpc) is 3.41. The second-order valence-electron chi connectivity index (χ2n) is 5.51. The molecule has 0 radical (unpaired) electrons. The number of aryl methyl sites for hydroxylation is 1. The van der Waals surface area contributed by atoms with Crippen molar-refractivity contribution in [3.8, 4) is 22.7 Å². The van der Waals surface area contributed by atoms with E-state index < -0.39 is 0 Å². The van der Waals surface area contributed by atoms with Crippen LogP contribution in [-0.4, -0.2) is 31.8 Å². The van der Waals surface area contributed by atoms with Crippen LogP contribution in [0.25, 0.3) is 22.7 Å². The van der Waals surface area contributed by atoms with Gasteiger partial charge in [-0.25, -0.2) is 0 Å². The first-order chi connectivity index (χ1) is 13.2. The molecule has 0 unspecified atom stereocenters. The smallest absolute Gasteiger partial charge is 0.277 e. The number of hydrogen-bond acceptors (Lipinski definition) is 10. The Morgan fingerprint density at radius 2 is 1.70 bits per heavy atom. The number of thioether (sulfide) groups is 2. The Morgan fingerprint density at radius 3 is 2.52 bits per heavy atom. The molecule has 4 rings (SSSR count). The molecule has 138 valence electrons. The highest BCUT2D eigenvalue weighted by atomic mass is 32.2. The third kappa shape index (κ3) is 3.91. The van der Waals surface area contributed by atoms with Gasteiger partial charge in [0.05, 0.1) is 11.5 Å². The molecule has 0 N–H and O–H groups in total. The molecule has 3 aromatic heterocycles. The summed E-state index contributed by atoms with van der Waals surface area (Å²) in [5, 5.41) is 20.8. The van der Waals surface area contributed by atoms with Gasteiger partial charge in [0.15, 0.2) is 0 Å². The number of benzene rings is 1. The lowest BCUT2D eigenvalue weighted by atomic mass is 10.1.